The van der Waals surface area contributed by atoms with Gasteiger partial charge >= 0.3 is 26.8 Å². The summed E-state index contributed by atoms with van der Waals surface area (Å²) in [6.45, 7) is 0.618. The van der Waals surface area contributed by atoms with Crippen LogP contribution in [0.2, 0.25) is 0 Å². The third kappa shape index (κ3) is 10.4. The fourth-order valence-corrected chi connectivity index (χ4v) is 3.90. The molecule has 0 amide bonds. The summed E-state index contributed by atoms with van der Waals surface area (Å²) in [5, 5.41) is 0. The summed E-state index contributed by atoms with van der Waals surface area (Å²) < 4.78 is 0. The summed E-state index contributed by atoms with van der Waals surface area (Å²) in [5.41, 5.74) is 8.89. The molecule has 2 aliphatic carbocycles. The van der Waals surface area contributed by atoms with E-state index in [4.69, 9.17) is 5.73 Å². The van der Waals surface area contributed by atoms with E-state index in [1.165, 1.54) is 70.6 Å². The maximum absolute atomic E-state index is 7.11. The normalized spacial score (nSPS) is 20.8. The summed E-state index contributed by atoms with van der Waals surface area (Å²) >= 11 is 1.81. The molecule has 2 radical (unpaired) electrons. The predicted octanol–water partition coefficient (Wildman–Crippen LogP) is 6.98. The molecule has 0 saturated heterocycles. The van der Waals surface area contributed by atoms with Crippen molar-refractivity contribution in [1.29, 1.82) is 0 Å². The van der Waals surface area contributed by atoms with Crippen molar-refractivity contribution in [3.8, 4) is 0 Å². The maximum atomic E-state index is 7.11. The summed E-state index contributed by atoms with van der Waals surface area (Å²) in [6.07, 6.45) is 23.5. The first-order chi connectivity index (χ1) is 10.9. The van der Waals surface area contributed by atoms with Crippen molar-refractivity contribution < 1.29 is 19.2 Å². The molecular weight excluding hydrogens is 342 g/mol. The predicted molar refractivity (Wildman–Crippen MR) is 107 cm³/mol. The Kier molecular flexibility index (Phi) is 20.1. The number of rotatable bonds is 10. The average molecular weight is 380 g/mol. The third-order valence-electron chi connectivity index (χ3n) is 5.13. The molecule has 1 N–H and O–H groups in total. The topological polar surface area (TPSA) is 23.8 Å². The Labute approximate surface area is 166 Å². The monoisotopic (exact) mass is 380 g/mol. The van der Waals surface area contributed by atoms with Gasteiger partial charge < -0.3 is 20.6 Å². The Balaban J connectivity index is 0. The van der Waals surface area contributed by atoms with Gasteiger partial charge in [-0.15, -0.1) is 0 Å². The van der Waals surface area contributed by atoms with Crippen LogP contribution in [0.15, 0.2) is 23.8 Å². The van der Waals surface area contributed by atoms with Crippen LogP contribution < -0.4 is 0 Å². The zero-order valence-corrected chi connectivity index (χ0v) is 18.6. The number of fused-ring (bicyclic) bond motifs is 1. The number of unbranched alkanes of at least 4 members (excludes halogenated alkanes) is 7. The molecule has 2 rings (SSSR count). The quantitative estimate of drug-likeness (QED) is 0.222. The van der Waals surface area contributed by atoms with Crippen molar-refractivity contribution in [3.05, 3.63) is 44.4 Å². The van der Waals surface area contributed by atoms with Gasteiger partial charge in [-0.1, -0.05) is 75.2 Å². The van der Waals surface area contributed by atoms with Gasteiger partial charge in [0.1, 0.15) is 0 Å². The minimum atomic E-state index is 0. The van der Waals surface area contributed by atoms with Gasteiger partial charge in [0, 0.05) is 0 Å². The van der Waals surface area contributed by atoms with E-state index in [2.05, 4.69) is 25.9 Å². The van der Waals surface area contributed by atoms with Crippen LogP contribution in [0, 0.1) is 26.7 Å². The van der Waals surface area contributed by atoms with Crippen LogP contribution in [0.1, 0.15) is 77.0 Å². The van der Waals surface area contributed by atoms with Crippen molar-refractivity contribution in [2.45, 2.75) is 77.0 Å². The van der Waals surface area contributed by atoms with Gasteiger partial charge in [-0.05, 0) is 37.5 Å². The molecule has 1 nitrogen and oxygen atoms in total. The van der Waals surface area contributed by atoms with Crippen molar-refractivity contribution in [2.24, 2.45) is 11.8 Å². The Morgan fingerprint density at radius 1 is 0.917 bits per heavy atom. The van der Waals surface area contributed by atoms with E-state index >= 15 is 0 Å². The van der Waals surface area contributed by atoms with E-state index in [0.29, 0.717) is 6.54 Å². The van der Waals surface area contributed by atoms with Crippen LogP contribution in [-0.4, -0.2) is 14.2 Å². The Morgan fingerprint density at radius 3 is 2.12 bits per heavy atom. The van der Waals surface area contributed by atoms with Gasteiger partial charge in [0.05, 0.1) is 0 Å². The SMILES string of the molecule is [CH3-].[CH3-].[NH-]CCCCCCCCCCC1CCC2CC=CC=C21.[Si]=[Ti]. The Hall–Kier alpha value is 0.371. The molecular formula is C21H38NSiTi-3. The molecule has 0 bridgehead atoms. The Morgan fingerprint density at radius 2 is 1.50 bits per heavy atom. The van der Waals surface area contributed by atoms with Crippen molar-refractivity contribution in [3.63, 3.8) is 0 Å². The van der Waals surface area contributed by atoms with Gasteiger partial charge in [-0.25, -0.2) is 0 Å². The van der Waals surface area contributed by atoms with Gasteiger partial charge in [0.25, 0.3) is 0 Å². The number of nitrogens with one attached hydrogen (secondary N) is 1. The zero-order chi connectivity index (χ0) is 16.0. The minimum absolute atomic E-state index is 0. The summed E-state index contributed by atoms with van der Waals surface area (Å²) in [5.74, 6) is 1.82. The van der Waals surface area contributed by atoms with Crippen LogP contribution in [0.25, 0.3) is 5.73 Å². The molecule has 138 valence electrons. The molecule has 2 unspecified atom stereocenters. The molecule has 0 aromatic rings. The first-order valence-electron chi connectivity index (χ1n) is 9.18. The Bertz CT molecular complexity index is 341. The van der Waals surface area contributed by atoms with Crippen molar-refractivity contribution in [2.75, 3.05) is 6.54 Å². The van der Waals surface area contributed by atoms with Gasteiger partial charge in [0.15, 0.2) is 0 Å². The molecule has 3 heteroatoms. The molecule has 0 heterocycles. The van der Waals surface area contributed by atoms with Crippen molar-refractivity contribution in [1.82, 2.24) is 0 Å². The summed E-state index contributed by atoms with van der Waals surface area (Å²) in [4.78, 5) is 0. The molecule has 2 aliphatic rings. The van der Waals surface area contributed by atoms with Crippen LogP contribution in [0.5, 0.6) is 0 Å². The van der Waals surface area contributed by atoms with Gasteiger partial charge in [0.2, 0.25) is 0 Å². The van der Waals surface area contributed by atoms with Crippen LogP contribution in [0.3, 0.4) is 0 Å². The number of hydrogen-bond acceptors (Lipinski definition) is 0. The van der Waals surface area contributed by atoms with Crippen molar-refractivity contribution >= 4 is 7.63 Å². The van der Waals surface area contributed by atoms with E-state index in [0.717, 1.165) is 18.3 Å². The van der Waals surface area contributed by atoms with Gasteiger partial charge in [-0.2, -0.15) is 6.54 Å². The van der Waals surface area contributed by atoms with Crippen LogP contribution in [0.4, 0.5) is 0 Å². The first-order valence-corrected chi connectivity index (χ1v) is 12.0. The third-order valence-corrected chi connectivity index (χ3v) is 5.13. The molecule has 0 spiro atoms. The molecule has 1 saturated carbocycles. The summed E-state index contributed by atoms with van der Waals surface area (Å²) in [7, 11) is 2.97. The van der Waals surface area contributed by atoms with E-state index in [1.807, 2.05) is 0 Å². The molecule has 24 heavy (non-hydrogen) atoms. The fraction of sp³-hybridized carbons (Fsp3) is 0.714. The van der Waals surface area contributed by atoms with E-state index < -0.39 is 0 Å². The van der Waals surface area contributed by atoms with Gasteiger partial charge in [-0.3, -0.25) is 0 Å². The zero-order valence-electron chi connectivity index (χ0n) is 16.1. The average Bonchev–Trinajstić information content (AvgIpc) is 2.98. The second-order valence-corrected chi connectivity index (χ2v) is 6.67. The van der Waals surface area contributed by atoms with E-state index in [1.54, 1.807) is 24.7 Å². The fourth-order valence-electron chi connectivity index (χ4n) is 3.90. The number of allylic oxidation sites excluding steroid dienone is 4. The van der Waals surface area contributed by atoms with Crippen LogP contribution in [-0.2, 0) is 19.2 Å². The molecule has 1 fully saturated rings. The second-order valence-electron chi connectivity index (χ2n) is 6.67. The van der Waals surface area contributed by atoms with E-state index in [9.17, 15) is 0 Å². The molecule has 0 aromatic carbocycles. The second kappa shape index (κ2) is 18.2. The molecule has 2 atom stereocenters. The standard InChI is InChI=1S/C19H32N.2CH3.Si.Ti/c20-16-10-6-4-2-1-3-5-7-11-17-14-15-18-12-8-9-13-19(17)18;;;;/h8-9,13,17-18,20H,1-7,10-12,14-16H2;2*1H3;;/q3*-1;;. The first kappa shape index (κ1) is 26.6. The molecule has 0 aliphatic heterocycles. The molecule has 0 aromatic heterocycles. The number of hydrogen-bond donors (Lipinski definition) is 0. The van der Waals surface area contributed by atoms with E-state index in [-0.39, 0.29) is 14.9 Å². The van der Waals surface area contributed by atoms with Crippen LogP contribution >= 0.6 is 0 Å². The summed E-state index contributed by atoms with van der Waals surface area (Å²) in [6, 6.07) is 0.